The number of aliphatic hydroxyl groups excluding tert-OH is 1. The van der Waals surface area contributed by atoms with Crippen LogP contribution in [0.1, 0.15) is 36.8 Å². The van der Waals surface area contributed by atoms with Crippen molar-refractivity contribution in [2.24, 2.45) is 4.99 Å². The molecule has 0 aliphatic heterocycles. The van der Waals surface area contributed by atoms with Gasteiger partial charge in [0.1, 0.15) is 11.4 Å². The number of aliphatic imine (C=N–C) groups is 1. The summed E-state index contributed by atoms with van der Waals surface area (Å²) < 4.78 is 13.9. The lowest BCUT2D eigenvalue weighted by Crippen LogP contribution is -2.21. The van der Waals surface area contributed by atoms with E-state index < -0.39 is 5.54 Å². The van der Waals surface area contributed by atoms with E-state index in [-0.39, 0.29) is 12.4 Å². The Morgan fingerprint density at radius 3 is 2.71 bits per heavy atom. The minimum absolute atomic E-state index is 0.145. The van der Waals surface area contributed by atoms with Crippen LogP contribution in [0.25, 0.3) is 0 Å². The van der Waals surface area contributed by atoms with Gasteiger partial charge in [-0.1, -0.05) is 18.9 Å². The minimum Gasteiger partial charge on any atom is -0.392 e. The van der Waals surface area contributed by atoms with E-state index in [1.54, 1.807) is 12.1 Å². The molecule has 0 unspecified atom stereocenters. The van der Waals surface area contributed by atoms with Gasteiger partial charge in [-0.15, -0.1) is 0 Å². The Bertz CT molecular complexity index is 460. The van der Waals surface area contributed by atoms with E-state index in [0.29, 0.717) is 24.0 Å². The molecule has 0 bridgehead atoms. The minimum atomic E-state index is -0.767. The lowest BCUT2D eigenvalue weighted by atomic mass is 9.87. The zero-order valence-corrected chi connectivity index (χ0v) is 9.45. The quantitative estimate of drug-likeness (QED) is 0.646. The third kappa shape index (κ3) is 2.14. The first-order valence-corrected chi connectivity index (χ1v) is 5.71. The maximum absolute atomic E-state index is 13.9. The van der Waals surface area contributed by atoms with Gasteiger partial charge in [0.25, 0.3) is 0 Å². The maximum Gasteiger partial charge on any atom is 0.235 e. The summed E-state index contributed by atoms with van der Waals surface area (Å²) in [6.45, 7) is -0.145. The highest BCUT2D eigenvalue weighted by Gasteiger charge is 2.37. The SMILES string of the molecule is O=C=NC1(c2cc(CO)ccc2F)CCCC1. The maximum atomic E-state index is 13.9. The summed E-state index contributed by atoms with van der Waals surface area (Å²) >= 11 is 0. The number of hydrogen-bond donors (Lipinski definition) is 1. The molecule has 1 N–H and O–H groups in total. The number of aliphatic hydroxyl groups is 1. The highest BCUT2D eigenvalue weighted by Crippen LogP contribution is 2.43. The summed E-state index contributed by atoms with van der Waals surface area (Å²) in [6.07, 6.45) is 4.73. The van der Waals surface area contributed by atoms with Gasteiger partial charge in [-0.3, -0.25) is 0 Å². The molecule has 0 heterocycles. The summed E-state index contributed by atoms with van der Waals surface area (Å²) in [5, 5.41) is 9.08. The molecule has 1 aliphatic rings. The average Bonchev–Trinajstić information content (AvgIpc) is 2.80. The fourth-order valence-corrected chi connectivity index (χ4v) is 2.52. The predicted octanol–water partition coefficient (Wildman–Crippen LogP) is 2.42. The number of rotatable bonds is 3. The van der Waals surface area contributed by atoms with Crippen molar-refractivity contribution in [3.63, 3.8) is 0 Å². The topological polar surface area (TPSA) is 49.7 Å². The number of nitrogens with zero attached hydrogens (tertiary/aromatic N) is 1. The van der Waals surface area contributed by atoms with Gasteiger partial charge in [0.05, 0.1) is 6.61 Å². The molecule has 0 amide bonds. The summed E-state index contributed by atoms with van der Waals surface area (Å²) in [5.74, 6) is -0.372. The Kier molecular flexibility index (Phi) is 3.36. The molecule has 1 saturated carbocycles. The fourth-order valence-electron chi connectivity index (χ4n) is 2.52. The van der Waals surface area contributed by atoms with Gasteiger partial charge in [0, 0.05) is 5.56 Å². The lowest BCUT2D eigenvalue weighted by molar-refractivity contribution is 0.281. The molecule has 0 radical (unpaired) electrons. The van der Waals surface area contributed by atoms with Crippen LogP contribution in [-0.4, -0.2) is 11.2 Å². The van der Waals surface area contributed by atoms with E-state index in [2.05, 4.69) is 4.99 Å². The van der Waals surface area contributed by atoms with Crippen molar-refractivity contribution in [3.8, 4) is 0 Å². The third-order valence-corrected chi connectivity index (χ3v) is 3.41. The number of hydrogen-bond acceptors (Lipinski definition) is 3. The molecule has 17 heavy (non-hydrogen) atoms. The first-order valence-electron chi connectivity index (χ1n) is 5.71. The van der Waals surface area contributed by atoms with Crippen LogP contribution in [-0.2, 0) is 16.9 Å². The zero-order chi connectivity index (χ0) is 12.3. The van der Waals surface area contributed by atoms with E-state index in [4.69, 9.17) is 5.11 Å². The van der Waals surface area contributed by atoms with Crippen molar-refractivity contribution >= 4 is 6.08 Å². The normalized spacial score (nSPS) is 17.8. The van der Waals surface area contributed by atoms with Gasteiger partial charge in [-0.05, 0) is 30.5 Å². The largest absolute Gasteiger partial charge is 0.392 e. The monoisotopic (exact) mass is 235 g/mol. The van der Waals surface area contributed by atoms with Gasteiger partial charge < -0.3 is 5.11 Å². The third-order valence-electron chi connectivity index (χ3n) is 3.41. The Morgan fingerprint density at radius 1 is 1.41 bits per heavy atom. The van der Waals surface area contributed by atoms with Crippen LogP contribution in [0, 0.1) is 5.82 Å². The second-order valence-corrected chi connectivity index (χ2v) is 4.41. The Labute approximate surface area is 99.0 Å². The molecule has 2 rings (SSSR count). The van der Waals surface area contributed by atoms with E-state index >= 15 is 0 Å². The zero-order valence-electron chi connectivity index (χ0n) is 9.45. The van der Waals surface area contributed by atoms with Crippen LogP contribution >= 0.6 is 0 Å². The summed E-state index contributed by atoms with van der Waals surface area (Å²) in [7, 11) is 0. The molecule has 1 fully saturated rings. The van der Waals surface area contributed by atoms with Crippen molar-refractivity contribution < 1.29 is 14.3 Å². The van der Waals surface area contributed by atoms with Crippen LogP contribution < -0.4 is 0 Å². The molecule has 0 saturated heterocycles. The van der Waals surface area contributed by atoms with E-state index in [1.807, 2.05) is 0 Å². The van der Waals surface area contributed by atoms with Crippen molar-refractivity contribution in [2.75, 3.05) is 0 Å². The van der Waals surface area contributed by atoms with Crippen molar-refractivity contribution in [2.45, 2.75) is 37.8 Å². The molecule has 0 spiro atoms. The highest BCUT2D eigenvalue weighted by molar-refractivity contribution is 5.40. The van der Waals surface area contributed by atoms with Crippen molar-refractivity contribution in [1.29, 1.82) is 0 Å². The Hall–Kier alpha value is -1.51. The molecule has 1 aromatic carbocycles. The van der Waals surface area contributed by atoms with E-state index in [0.717, 1.165) is 12.8 Å². The summed E-state index contributed by atoms with van der Waals surface area (Å²) in [4.78, 5) is 14.4. The molecule has 0 aromatic heterocycles. The molecular formula is C13H14FNO2. The molecule has 1 aliphatic carbocycles. The number of carbonyl (C=O) groups excluding carboxylic acids is 1. The number of isocyanates is 1. The van der Waals surface area contributed by atoms with E-state index in [1.165, 1.54) is 12.1 Å². The summed E-state index contributed by atoms with van der Waals surface area (Å²) in [6, 6.07) is 4.45. The van der Waals surface area contributed by atoms with Crippen LogP contribution in [0.4, 0.5) is 4.39 Å². The van der Waals surface area contributed by atoms with Crippen LogP contribution in [0.5, 0.6) is 0 Å². The van der Waals surface area contributed by atoms with Gasteiger partial charge in [-0.25, -0.2) is 9.18 Å². The van der Waals surface area contributed by atoms with Crippen LogP contribution in [0.2, 0.25) is 0 Å². The number of halogens is 1. The van der Waals surface area contributed by atoms with Crippen LogP contribution in [0.15, 0.2) is 23.2 Å². The lowest BCUT2D eigenvalue weighted by Gasteiger charge is -2.23. The molecule has 3 nitrogen and oxygen atoms in total. The second kappa shape index (κ2) is 4.78. The average molecular weight is 235 g/mol. The van der Waals surface area contributed by atoms with E-state index in [9.17, 15) is 9.18 Å². The van der Waals surface area contributed by atoms with Gasteiger partial charge in [0.2, 0.25) is 6.08 Å². The van der Waals surface area contributed by atoms with Gasteiger partial charge in [-0.2, -0.15) is 4.99 Å². The highest BCUT2D eigenvalue weighted by atomic mass is 19.1. The summed E-state index contributed by atoms with van der Waals surface area (Å²) in [5.41, 5.74) is 0.274. The molecule has 90 valence electrons. The molecule has 1 aromatic rings. The molecule has 0 atom stereocenters. The molecule has 4 heteroatoms. The predicted molar refractivity (Wildman–Crippen MR) is 60.6 cm³/mol. The van der Waals surface area contributed by atoms with Gasteiger partial charge >= 0.3 is 0 Å². The van der Waals surface area contributed by atoms with Gasteiger partial charge in [0.15, 0.2) is 0 Å². The first kappa shape index (κ1) is 12.0. The van der Waals surface area contributed by atoms with Crippen LogP contribution in [0.3, 0.4) is 0 Å². The standard InChI is InChI=1S/C13H14FNO2/c14-12-4-3-10(8-16)7-11(12)13(15-9-17)5-1-2-6-13/h3-4,7,16H,1-2,5-6,8H2. The molecular weight excluding hydrogens is 221 g/mol. The number of benzene rings is 1. The van der Waals surface area contributed by atoms with Crippen molar-refractivity contribution in [3.05, 3.63) is 35.1 Å². The first-order chi connectivity index (χ1) is 8.22. The Morgan fingerprint density at radius 2 is 2.12 bits per heavy atom. The Balaban J connectivity index is 2.52. The van der Waals surface area contributed by atoms with Crippen molar-refractivity contribution in [1.82, 2.24) is 0 Å². The smallest absolute Gasteiger partial charge is 0.235 e. The second-order valence-electron chi connectivity index (χ2n) is 4.41. The fraction of sp³-hybridized carbons (Fsp3) is 0.462.